The van der Waals surface area contributed by atoms with E-state index < -0.39 is 4.33 Å². The molecular formula is C6H9Cl2N. The Hall–Kier alpha value is 0.0700. The second-order valence-corrected chi connectivity index (χ2v) is 3.40. The number of nitriles is 1. The molecule has 1 nitrogen and oxygen atoms in total. The zero-order chi connectivity index (χ0) is 7.33. The second kappa shape index (κ2) is 3.98. The van der Waals surface area contributed by atoms with Crippen LogP contribution in [0.5, 0.6) is 0 Å². The monoisotopic (exact) mass is 165 g/mol. The van der Waals surface area contributed by atoms with E-state index in [9.17, 15) is 0 Å². The maximum atomic E-state index is 8.31. The topological polar surface area (TPSA) is 23.8 Å². The standard InChI is InChI=1S/C6H9Cl2N/c1-2-3-4-6(7,8)5-9/h2-4H2,1H3. The van der Waals surface area contributed by atoms with Gasteiger partial charge < -0.3 is 0 Å². The number of alkyl halides is 2. The summed E-state index contributed by atoms with van der Waals surface area (Å²) in [6, 6.07) is 1.81. The van der Waals surface area contributed by atoms with Crippen LogP contribution >= 0.6 is 23.2 Å². The number of unbranched alkanes of at least 4 members (excludes halogenated alkanes) is 1. The average Bonchev–Trinajstić information content (AvgIpc) is 1.84. The SMILES string of the molecule is CCCCC(Cl)(Cl)C#N. The summed E-state index contributed by atoms with van der Waals surface area (Å²) < 4.78 is -1.16. The molecule has 0 aliphatic heterocycles. The highest BCUT2D eigenvalue weighted by molar-refractivity contribution is 6.50. The van der Waals surface area contributed by atoms with Crippen molar-refractivity contribution in [2.45, 2.75) is 30.5 Å². The van der Waals surface area contributed by atoms with E-state index in [0.717, 1.165) is 12.8 Å². The fourth-order valence-corrected chi connectivity index (χ4v) is 0.722. The van der Waals surface area contributed by atoms with Gasteiger partial charge in [-0.1, -0.05) is 36.5 Å². The molecule has 0 aromatic carbocycles. The lowest BCUT2D eigenvalue weighted by Gasteiger charge is -2.06. The molecule has 0 aromatic rings. The van der Waals surface area contributed by atoms with Gasteiger partial charge in [0, 0.05) is 0 Å². The van der Waals surface area contributed by atoms with E-state index in [1.165, 1.54) is 0 Å². The molecular weight excluding hydrogens is 157 g/mol. The Kier molecular flexibility index (Phi) is 4.01. The van der Waals surface area contributed by atoms with Gasteiger partial charge in [-0.15, -0.1) is 0 Å². The van der Waals surface area contributed by atoms with Crippen LogP contribution in [0, 0.1) is 11.3 Å². The summed E-state index contributed by atoms with van der Waals surface area (Å²) in [5, 5.41) is 8.31. The molecule has 52 valence electrons. The summed E-state index contributed by atoms with van der Waals surface area (Å²) in [6.45, 7) is 2.03. The molecule has 9 heavy (non-hydrogen) atoms. The van der Waals surface area contributed by atoms with Crippen molar-refractivity contribution in [3.8, 4) is 6.07 Å². The molecule has 0 atom stereocenters. The number of rotatable bonds is 3. The van der Waals surface area contributed by atoms with Crippen LogP contribution in [0.25, 0.3) is 0 Å². The number of hydrogen-bond donors (Lipinski definition) is 0. The lowest BCUT2D eigenvalue weighted by atomic mass is 10.2. The Morgan fingerprint density at radius 2 is 2.11 bits per heavy atom. The summed E-state index contributed by atoms with van der Waals surface area (Å²) >= 11 is 11.0. The first-order valence-corrected chi connectivity index (χ1v) is 3.67. The summed E-state index contributed by atoms with van der Waals surface area (Å²) in [6.07, 6.45) is 2.48. The molecule has 0 radical (unpaired) electrons. The zero-order valence-corrected chi connectivity index (χ0v) is 6.84. The fraction of sp³-hybridized carbons (Fsp3) is 0.833. The van der Waals surface area contributed by atoms with E-state index in [0.29, 0.717) is 6.42 Å². The van der Waals surface area contributed by atoms with E-state index in [4.69, 9.17) is 28.5 Å². The summed E-state index contributed by atoms with van der Waals surface area (Å²) in [4.78, 5) is 0. The summed E-state index contributed by atoms with van der Waals surface area (Å²) in [5.41, 5.74) is 0. The molecule has 0 saturated heterocycles. The Balaban J connectivity index is 3.49. The Morgan fingerprint density at radius 1 is 1.56 bits per heavy atom. The molecule has 0 aliphatic carbocycles. The van der Waals surface area contributed by atoms with Gasteiger partial charge >= 0.3 is 0 Å². The van der Waals surface area contributed by atoms with Gasteiger partial charge in [0.25, 0.3) is 0 Å². The molecule has 0 heterocycles. The minimum Gasteiger partial charge on any atom is -0.195 e. The molecule has 3 heteroatoms. The van der Waals surface area contributed by atoms with Crippen molar-refractivity contribution in [3.63, 3.8) is 0 Å². The first kappa shape index (κ1) is 9.07. The predicted molar refractivity (Wildman–Crippen MR) is 39.6 cm³/mol. The van der Waals surface area contributed by atoms with Gasteiger partial charge in [0.1, 0.15) is 6.07 Å². The minimum atomic E-state index is -1.16. The van der Waals surface area contributed by atoms with E-state index in [1.807, 2.05) is 6.92 Å². The van der Waals surface area contributed by atoms with Crippen LogP contribution in [0.15, 0.2) is 0 Å². The van der Waals surface area contributed by atoms with Gasteiger partial charge in [0.15, 0.2) is 0 Å². The summed E-state index contributed by atoms with van der Waals surface area (Å²) in [7, 11) is 0. The molecule has 0 saturated carbocycles. The van der Waals surface area contributed by atoms with Crippen molar-refractivity contribution < 1.29 is 0 Å². The van der Waals surface area contributed by atoms with Gasteiger partial charge in [-0.05, 0) is 12.8 Å². The van der Waals surface area contributed by atoms with Crippen LogP contribution in [0.2, 0.25) is 0 Å². The molecule has 0 aromatic heterocycles. The highest BCUT2D eigenvalue weighted by atomic mass is 35.5. The first-order chi connectivity index (χ1) is 4.12. The third-order valence-electron chi connectivity index (χ3n) is 1.01. The van der Waals surface area contributed by atoms with E-state index >= 15 is 0 Å². The number of hydrogen-bond acceptors (Lipinski definition) is 1. The van der Waals surface area contributed by atoms with Crippen LogP contribution in [0.3, 0.4) is 0 Å². The van der Waals surface area contributed by atoms with Crippen molar-refractivity contribution in [1.29, 1.82) is 5.26 Å². The predicted octanol–water partition coefficient (Wildman–Crippen LogP) is 2.87. The average molecular weight is 166 g/mol. The van der Waals surface area contributed by atoms with Crippen molar-refractivity contribution in [3.05, 3.63) is 0 Å². The zero-order valence-electron chi connectivity index (χ0n) is 5.32. The van der Waals surface area contributed by atoms with Crippen molar-refractivity contribution in [2.24, 2.45) is 0 Å². The molecule has 0 N–H and O–H groups in total. The quantitative estimate of drug-likeness (QED) is 0.591. The third kappa shape index (κ3) is 4.57. The van der Waals surface area contributed by atoms with Crippen LogP contribution in [-0.4, -0.2) is 4.33 Å². The van der Waals surface area contributed by atoms with Crippen LogP contribution < -0.4 is 0 Å². The minimum absolute atomic E-state index is 0.559. The highest BCUT2D eigenvalue weighted by Crippen LogP contribution is 2.25. The first-order valence-electron chi connectivity index (χ1n) is 2.91. The van der Waals surface area contributed by atoms with Crippen molar-refractivity contribution >= 4 is 23.2 Å². The van der Waals surface area contributed by atoms with E-state index in [2.05, 4.69) is 0 Å². The largest absolute Gasteiger partial charge is 0.203 e. The number of nitrogens with zero attached hydrogens (tertiary/aromatic N) is 1. The van der Waals surface area contributed by atoms with E-state index in [-0.39, 0.29) is 0 Å². The van der Waals surface area contributed by atoms with E-state index in [1.54, 1.807) is 6.07 Å². The number of halogens is 2. The van der Waals surface area contributed by atoms with Crippen LogP contribution in [0.1, 0.15) is 26.2 Å². The lowest BCUT2D eigenvalue weighted by Crippen LogP contribution is -2.07. The highest BCUT2D eigenvalue weighted by Gasteiger charge is 2.21. The van der Waals surface area contributed by atoms with Crippen molar-refractivity contribution in [2.75, 3.05) is 0 Å². The normalized spacial score (nSPS) is 10.9. The third-order valence-corrected chi connectivity index (χ3v) is 1.55. The maximum absolute atomic E-state index is 8.31. The maximum Gasteiger partial charge on any atom is 0.203 e. The fourth-order valence-electron chi connectivity index (χ4n) is 0.455. The lowest BCUT2D eigenvalue weighted by molar-refractivity contribution is 0.710. The Morgan fingerprint density at radius 3 is 2.44 bits per heavy atom. The summed E-state index contributed by atoms with van der Waals surface area (Å²) in [5.74, 6) is 0. The van der Waals surface area contributed by atoms with Gasteiger partial charge in [-0.3, -0.25) is 0 Å². The van der Waals surface area contributed by atoms with Crippen LogP contribution in [0.4, 0.5) is 0 Å². The van der Waals surface area contributed by atoms with Gasteiger partial charge in [0.05, 0.1) is 0 Å². The van der Waals surface area contributed by atoms with Crippen LogP contribution in [-0.2, 0) is 0 Å². The molecule has 0 rings (SSSR count). The smallest absolute Gasteiger partial charge is 0.195 e. The Bertz CT molecular complexity index is 115. The van der Waals surface area contributed by atoms with Gasteiger partial charge in [0.2, 0.25) is 4.33 Å². The molecule has 0 unspecified atom stereocenters. The molecule has 0 spiro atoms. The second-order valence-electron chi connectivity index (χ2n) is 1.92. The van der Waals surface area contributed by atoms with Gasteiger partial charge in [-0.25, -0.2) is 0 Å². The molecule has 0 fully saturated rings. The molecule has 0 bridgehead atoms. The molecule has 0 amide bonds. The van der Waals surface area contributed by atoms with Crippen molar-refractivity contribution in [1.82, 2.24) is 0 Å². The van der Waals surface area contributed by atoms with Gasteiger partial charge in [-0.2, -0.15) is 5.26 Å². The molecule has 0 aliphatic rings. The Labute approximate surface area is 65.6 Å².